The molecule has 1 aromatic rings. The maximum atomic E-state index is 11.4. The number of nitrogens with two attached hydrogens (primary N) is 1. The first-order valence-corrected chi connectivity index (χ1v) is 5.81. The lowest BCUT2D eigenvalue weighted by Gasteiger charge is -2.34. The van der Waals surface area contributed by atoms with E-state index in [2.05, 4.69) is 10.1 Å². The number of hydrogen-bond acceptors (Lipinski definition) is 4. The van der Waals surface area contributed by atoms with E-state index in [1.807, 2.05) is 19.1 Å². The average molecular weight is 234 g/mol. The number of nitrogens with one attached hydrogen (secondary N) is 1. The van der Waals surface area contributed by atoms with Gasteiger partial charge in [0.05, 0.1) is 12.7 Å². The third kappa shape index (κ3) is 2.58. The summed E-state index contributed by atoms with van der Waals surface area (Å²) in [6, 6.07) is 6.34. The summed E-state index contributed by atoms with van der Waals surface area (Å²) in [7, 11) is 1.39. The molecule has 1 aliphatic rings. The summed E-state index contributed by atoms with van der Waals surface area (Å²) < 4.78 is 4.68. The number of ether oxygens (including phenoxy) is 1. The van der Waals surface area contributed by atoms with Crippen LogP contribution in [0.4, 0.5) is 5.69 Å². The highest BCUT2D eigenvalue weighted by Crippen LogP contribution is 2.25. The number of carbonyl (C=O) groups excluding carboxylic acids is 1. The number of rotatable bonds is 3. The predicted molar refractivity (Wildman–Crippen MR) is 67.1 cm³/mol. The first-order chi connectivity index (χ1) is 8.10. The second-order valence-corrected chi connectivity index (χ2v) is 4.59. The van der Waals surface area contributed by atoms with Gasteiger partial charge in [0, 0.05) is 17.8 Å². The van der Waals surface area contributed by atoms with Crippen LogP contribution < -0.4 is 11.1 Å². The molecule has 92 valence electrons. The molecule has 3 N–H and O–H groups in total. The van der Waals surface area contributed by atoms with E-state index in [1.54, 1.807) is 6.07 Å². The van der Waals surface area contributed by atoms with Crippen LogP contribution in [0, 0.1) is 6.92 Å². The van der Waals surface area contributed by atoms with Crippen LogP contribution in [0.5, 0.6) is 0 Å². The minimum absolute atomic E-state index is 0.301. The standard InChI is InChI=1S/C13H18N2O2/c1-8-5-9(13(16)17-2)3-4-12(8)15-11-6-10(14)7-11/h3-5,10-11,15H,6-7,14H2,1-2H3. The molecule has 0 heterocycles. The van der Waals surface area contributed by atoms with E-state index in [0.717, 1.165) is 24.1 Å². The molecule has 1 saturated carbocycles. The van der Waals surface area contributed by atoms with Gasteiger partial charge in [-0.25, -0.2) is 4.79 Å². The van der Waals surface area contributed by atoms with Crippen molar-refractivity contribution in [2.24, 2.45) is 5.73 Å². The van der Waals surface area contributed by atoms with Crippen molar-refractivity contribution >= 4 is 11.7 Å². The average Bonchev–Trinajstić information content (AvgIpc) is 2.28. The number of methoxy groups -OCH3 is 1. The Morgan fingerprint density at radius 1 is 1.47 bits per heavy atom. The summed E-state index contributed by atoms with van der Waals surface area (Å²) in [5, 5.41) is 3.43. The minimum Gasteiger partial charge on any atom is -0.465 e. The molecule has 0 spiro atoms. The van der Waals surface area contributed by atoms with Crippen LogP contribution in [0.3, 0.4) is 0 Å². The highest BCUT2D eigenvalue weighted by molar-refractivity contribution is 5.90. The highest BCUT2D eigenvalue weighted by Gasteiger charge is 2.25. The van der Waals surface area contributed by atoms with Crippen LogP contribution in [-0.4, -0.2) is 25.2 Å². The van der Waals surface area contributed by atoms with Crippen LogP contribution in [0.15, 0.2) is 18.2 Å². The molecule has 4 nitrogen and oxygen atoms in total. The Morgan fingerprint density at radius 3 is 2.71 bits per heavy atom. The predicted octanol–water partition coefficient (Wildman–Crippen LogP) is 1.68. The summed E-state index contributed by atoms with van der Waals surface area (Å²) in [4.78, 5) is 11.4. The maximum absolute atomic E-state index is 11.4. The molecule has 1 aromatic carbocycles. The number of carbonyl (C=O) groups is 1. The molecular weight excluding hydrogens is 216 g/mol. The van der Waals surface area contributed by atoms with Crippen molar-refractivity contribution in [3.63, 3.8) is 0 Å². The SMILES string of the molecule is COC(=O)c1ccc(NC2CC(N)C2)c(C)c1. The molecule has 0 aliphatic heterocycles. The second kappa shape index (κ2) is 4.75. The first-order valence-electron chi connectivity index (χ1n) is 5.81. The zero-order valence-corrected chi connectivity index (χ0v) is 10.2. The number of hydrogen-bond donors (Lipinski definition) is 2. The number of anilines is 1. The molecule has 2 rings (SSSR count). The summed E-state index contributed by atoms with van der Waals surface area (Å²) in [6.45, 7) is 1.98. The first kappa shape index (κ1) is 11.9. The Bertz CT molecular complexity index is 425. The topological polar surface area (TPSA) is 64.3 Å². The van der Waals surface area contributed by atoms with Gasteiger partial charge in [-0.3, -0.25) is 0 Å². The van der Waals surface area contributed by atoms with E-state index >= 15 is 0 Å². The molecule has 0 bridgehead atoms. The summed E-state index contributed by atoms with van der Waals surface area (Å²) in [6.07, 6.45) is 2.02. The molecule has 0 unspecified atom stereocenters. The van der Waals surface area contributed by atoms with Crippen LogP contribution in [-0.2, 0) is 4.74 Å². The smallest absolute Gasteiger partial charge is 0.337 e. The normalized spacial score (nSPS) is 22.8. The molecule has 17 heavy (non-hydrogen) atoms. The lowest BCUT2D eigenvalue weighted by Crippen LogP contribution is -2.44. The Labute approximate surface area is 101 Å². The van der Waals surface area contributed by atoms with Crippen molar-refractivity contribution in [3.05, 3.63) is 29.3 Å². The summed E-state index contributed by atoms with van der Waals surface area (Å²) >= 11 is 0. The van der Waals surface area contributed by atoms with E-state index in [4.69, 9.17) is 5.73 Å². The van der Waals surface area contributed by atoms with Crippen molar-refractivity contribution in [2.45, 2.75) is 31.8 Å². The molecule has 1 aliphatic carbocycles. The van der Waals surface area contributed by atoms with Gasteiger partial charge in [0.15, 0.2) is 0 Å². The molecule has 0 aromatic heterocycles. The van der Waals surface area contributed by atoms with E-state index in [0.29, 0.717) is 17.6 Å². The van der Waals surface area contributed by atoms with E-state index in [1.165, 1.54) is 7.11 Å². The van der Waals surface area contributed by atoms with Gasteiger partial charge < -0.3 is 15.8 Å². The quantitative estimate of drug-likeness (QED) is 0.781. The van der Waals surface area contributed by atoms with Gasteiger partial charge in [-0.2, -0.15) is 0 Å². The Kier molecular flexibility index (Phi) is 3.33. The summed E-state index contributed by atoms with van der Waals surface area (Å²) in [5.74, 6) is -0.301. The maximum Gasteiger partial charge on any atom is 0.337 e. The van der Waals surface area contributed by atoms with E-state index in [9.17, 15) is 4.79 Å². The molecule has 0 radical (unpaired) electrons. The number of benzene rings is 1. The van der Waals surface area contributed by atoms with Gasteiger partial charge in [0.1, 0.15) is 0 Å². The van der Waals surface area contributed by atoms with Crippen LogP contribution in [0.25, 0.3) is 0 Å². The second-order valence-electron chi connectivity index (χ2n) is 4.59. The monoisotopic (exact) mass is 234 g/mol. The van der Waals surface area contributed by atoms with Gasteiger partial charge in [0.25, 0.3) is 0 Å². The number of esters is 1. The van der Waals surface area contributed by atoms with Gasteiger partial charge in [-0.05, 0) is 43.5 Å². The molecule has 0 saturated heterocycles. The van der Waals surface area contributed by atoms with Crippen LogP contribution >= 0.6 is 0 Å². The molecule has 4 heteroatoms. The van der Waals surface area contributed by atoms with Crippen molar-refractivity contribution in [1.29, 1.82) is 0 Å². The minimum atomic E-state index is -0.301. The van der Waals surface area contributed by atoms with E-state index < -0.39 is 0 Å². The number of aryl methyl sites for hydroxylation is 1. The molecule has 0 atom stereocenters. The fraction of sp³-hybridized carbons (Fsp3) is 0.462. The van der Waals surface area contributed by atoms with Gasteiger partial charge in [-0.15, -0.1) is 0 Å². The lowest BCUT2D eigenvalue weighted by molar-refractivity contribution is 0.0600. The van der Waals surface area contributed by atoms with Crippen molar-refractivity contribution < 1.29 is 9.53 Å². The highest BCUT2D eigenvalue weighted by atomic mass is 16.5. The van der Waals surface area contributed by atoms with Gasteiger partial charge in [0.2, 0.25) is 0 Å². The lowest BCUT2D eigenvalue weighted by atomic mass is 9.87. The largest absolute Gasteiger partial charge is 0.465 e. The zero-order valence-electron chi connectivity index (χ0n) is 10.2. The van der Waals surface area contributed by atoms with Crippen molar-refractivity contribution in [3.8, 4) is 0 Å². The molecular formula is C13H18N2O2. The van der Waals surface area contributed by atoms with Crippen LogP contribution in [0.1, 0.15) is 28.8 Å². The fourth-order valence-corrected chi connectivity index (χ4v) is 2.07. The van der Waals surface area contributed by atoms with E-state index in [-0.39, 0.29) is 5.97 Å². The third-order valence-electron chi connectivity index (χ3n) is 3.18. The molecule has 0 amide bonds. The van der Waals surface area contributed by atoms with Crippen molar-refractivity contribution in [1.82, 2.24) is 0 Å². The summed E-state index contributed by atoms with van der Waals surface area (Å²) in [5.41, 5.74) is 8.44. The molecule has 1 fully saturated rings. The third-order valence-corrected chi connectivity index (χ3v) is 3.18. The fourth-order valence-electron chi connectivity index (χ4n) is 2.07. The zero-order chi connectivity index (χ0) is 12.4. The Hall–Kier alpha value is -1.55. The van der Waals surface area contributed by atoms with Crippen molar-refractivity contribution in [2.75, 3.05) is 12.4 Å². The van der Waals surface area contributed by atoms with Crippen LogP contribution in [0.2, 0.25) is 0 Å². The Balaban J connectivity index is 2.06. The van der Waals surface area contributed by atoms with Gasteiger partial charge in [-0.1, -0.05) is 0 Å². The Morgan fingerprint density at radius 2 is 2.18 bits per heavy atom. The van der Waals surface area contributed by atoms with Gasteiger partial charge >= 0.3 is 5.97 Å².